The predicted molar refractivity (Wildman–Crippen MR) is 116 cm³/mol. The number of nitrogens with zero attached hydrogens (tertiary/aromatic N) is 1. The first-order valence-corrected chi connectivity index (χ1v) is 9.77. The van der Waals surface area contributed by atoms with Crippen molar-refractivity contribution in [1.82, 2.24) is 4.90 Å². The second kappa shape index (κ2) is 7.58. The van der Waals surface area contributed by atoms with Crippen molar-refractivity contribution in [3.05, 3.63) is 82.8 Å². The number of carbonyl (C=O) groups excluding carboxylic acids is 2. The van der Waals surface area contributed by atoms with Crippen molar-refractivity contribution in [3.8, 4) is 5.75 Å². The fourth-order valence-electron chi connectivity index (χ4n) is 2.89. The van der Waals surface area contributed by atoms with Gasteiger partial charge >= 0.3 is 5.97 Å². The van der Waals surface area contributed by atoms with E-state index in [1.54, 1.807) is 43.5 Å². The lowest BCUT2D eigenvalue weighted by atomic mass is 10.0. The molecule has 1 amide bonds. The highest BCUT2D eigenvalue weighted by atomic mass is 32.2. The molecule has 0 N–H and O–H groups in total. The molecule has 4 nitrogen and oxygen atoms in total. The minimum absolute atomic E-state index is 0.110. The van der Waals surface area contributed by atoms with Gasteiger partial charge in [-0.25, -0.2) is 4.79 Å². The molecule has 6 heteroatoms. The Hall–Kier alpha value is -2.96. The molecule has 28 heavy (non-hydrogen) atoms. The molecule has 138 valence electrons. The van der Waals surface area contributed by atoms with E-state index in [4.69, 9.17) is 17.0 Å². The Morgan fingerprint density at radius 1 is 1.04 bits per heavy atom. The van der Waals surface area contributed by atoms with Crippen LogP contribution in [0, 0.1) is 0 Å². The average molecular weight is 406 g/mol. The number of esters is 1. The van der Waals surface area contributed by atoms with Gasteiger partial charge in [-0.05, 0) is 40.6 Å². The van der Waals surface area contributed by atoms with Crippen LogP contribution in [0.3, 0.4) is 0 Å². The fraction of sp³-hybridized carbons (Fsp3) is 0.0455. The highest BCUT2D eigenvalue weighted by Crippen LogP contribution is 2.31. The van der Waals surface area contributed by atoms with Gasteiger partial charge in [-0.15, -0.1) is 0 Å². The van der Waals surface area contributed by atoms with Gasteiger partial charge in [0.1, 0.15) is 10.1 Å². The van der Waals surface area contributed by atoms with Crippen LogP contribution in [0.1, 0.15) is 15.9 Å². The van der Waals surface area contributed by atoms with Crippen LogP contribution in [0.15, 0.2) is 71.6 Å². The van der Waals surface area contributed by atoms with Crippen molar-refractivity contribution in [2.24, 2.45) is 0 Å². The van der Waals surface area contributed by atoms with Crippen molar-refractivity contribution >= 4 is 57.0 Å². The second-order valence-electron chi connectivity index (χ2n) is 6.23. The molecule has 1 fully saturated rings. The Morgan fingerprint density at radius 3 is 2.46 bits per heavy atom. The van der Waals surface area contributed by atoms with Crippen LogP contribution < -0.4 is 4.74 Å². The zero-order valence-electron chi connectivity index (χ0n) is 14.9. The van der Waals surface area contributed by atoms with E-state index in [0.717, 1.165) is 16.3 Å². The Morgan fingerprint density at radius 2 is 1.75 bits per heavy atom. The number of amides is 1. The Balaban J connectivity index is 1.53. The predicted octanol–water partition coefficient (Wildman–Crippen LogP) is 4.89. The summed E-state index contributed by atoms with van der Waals surface area (Å²) >= 11 is 6.40. The molecule has 0 atom stereocenters. The molecule has 1 heterocycles. The molecule has 1 saturated heterocycles. The largest absolute Gasteiger partial charge is 0.423 e. The van der Waals surface area contributed by atoms with Crippen molar-refractivity contribution in [1.29, 1.82) is 0 Å². The lowest BCUT2D eigenvalue weighted by molar-refractivity contribution is -0.121. The van der Waals surface area contributed by atoms with Crippen LogP contribution in [0.5, 0.6) is 5.75 Å². The normalized spacial score (nSPS) is 15.5. The molecule has 0 saturated carbocycles. The standard InChI is InChI=1S/C22H15NO3S2/c1-23-20(24)19(28-22(23)27)13-14-9-11-16(12-10-14)26-21(25)18-8-4-6-15-5-2-3-7-17(15)18/h2-13H,1H3/b19-13+. The summed E-state index contributed by atoms with van der Waals surface area (Å²) in [5, 5.41) is 1.84. The number of likely N-dealkylation sites (N-methyl/N-ethyl adjacent to an activating group) is 1. The third-order valence-corrected chi connectivity index (χ3v) is 5.87. The number of benzene rings is 3. The number of hydrogen-bond donors (Lipinski definition) is 0. The Kier molecular flexibility index (Phi) is 4.98. The summed E-state index contributed by atoms with van der Waals surface area (Å²) in [6.07, 6.45) is 1.78. The number of carbonyl (C=O) groups is 2. The topological polar surface area (TPSA) is 46.6 Å². The van der Waals surface area contributed by atoms with Gasteiger partial charge in [0.2, 0.25) is 0 Å². The van der Waals surface area contributed by atoms with Gasteiger partial charge in [0, 0.05) is 7.05 Å². The third kappa shape index (κ3) is 3.56. The molecule has 0 radical (unpaired) electrons. The smallest absolute Gasteiger partial charge is 0.344 e. The van der Waals surface area contributed by atoms with Gasteiger partial charge in [-0.2, -0.15) is 0 Å². The molecule has 0 aromatic heterocycles. The fourth-order valence-corrected chi connectivity index (χ4v) is 4.07. The summed E-state index contributed by atoms with van der Waals surface area (Å²) in [4.78, 5) is 26.7. The first-order chi connectivity index (χ1) is 13.5. The minimum Gasteiger partial charge on any atom is -0.423 e. The van der Waals surface area contributed by atoms with Crippen LogP contribution in [-0.4, -0.2) is 28.1 Å². The third-order valence-electron chi connectivity index (χ3n) is 4.38. The maximum atomic E-state index is 12.6. The van der Waals surface area contributed by atoms with Gasteiger partial charge < -0.3 is 4.74 Å². The quantitative estimate of drug-likeness (QED) is 0.269. The molecule has 0 spiro atoms. The monoisotopic (exact) mass is 405 g/mol. The summed E-state index contributed by atoms with van der Waals surface area (Å²) in [5.41, 5.74) is 1.35. The van der Waals surface area contributed by atoms with Crippen LogP contribution in [-0.2, 0) is 4.79 Å². The average Bonchev–Trinajstić information content (AvgIpc) is 2.95. The minimum atomic E-state index is -0.406. The molecule has 1 aliphatic heterocycles. The molecule has 3 aromatic carbocycles. The number of ether oxygens (including phenoxy) is 1. The van der Waals surface area contributed by atoms with E-state index in [9.17, 15) is 9.59 Å². The molecule has 4 rings (SSSR count). The second-order valence-corrected chi connectivity index (χ2v) is 7.90. The van der Waals surface area contributed by atoms with E-state index in [1.165, 1.54) is 16.7 Å². The molecule has 0 aliphatic carbocycles. The van der Waals surface area contributed by atoms with Crippen molar-refractivity contribution in [3.63, 3.8) is 0 Å². The Labute approximate surface area is 171 Å². The van der Waals surface area contributed by atoms with E-state index in [1.807, 2.05) is 36.4 Å². The number of thiocarbonyl (C=S) groups is 1. The van der Waals surface area contributed by atoms with E-state index in [-0.39, 0.29) is 5.91 Å². The molecule has 3 aromatic rings. The zero-order valence-corrected chi connectivity index (χ0v) is 16.5. The van der Waals surface area contributed by atoms with Crippen molar-refractivity contribution in [2.45, 2.75) is 0 Å². The van der Waals surface area contributed by atoms with E-state index >= 15 is 0 Å². The first-order valence-electron chi connectivity index (χ1n) is 8.54. The van der Waals surface area contributed by atoms with Crippen LogP contribution in [0.2, 0.25) is 0 Å². The lowest BCUT2D eigenvalue weighted by Crippen LogP contribution is -2.22. The van der Waals surface area contributed by atoms with Gasteiger partial charge in [0.05, 0.1) is 10.5 Å². The summed E-state index contributed by atoms with van der Waals surface area (Å²) < 4.78 is 6.07. The zero-order chi connectivity index (χ0) is 19.7. The molecule has 0 bridgehead atoms. The number of rotatable bonds is 3. The molecular weight excluding hydrogens is 390 g/mol. The highest BCUT2D eigenvalue weighted by Gasteiger charge is 2.28. The number of fused-ring (bicyclic) bond motifs is 1. The van der Waals surface area contributed by atoms with Gasteiger partial charge in [0.25, 0.3) is 5.91 Å². The SMILES string of the molecule is CN1C(=O)/C(=C\c2ccc(OC(=O)c3cccc4ccccc34)cc2)SC1=S. The number of hydrogen-bond acceptors (Lipinski definition) is 5. The van der Waals surface area contributed by atoms with Crippen LogP contribution >= 0.6 is 24.0 Å². The summed E-state index contributed by atoms with van der Waals surface area (Å²) in [7, 11) is 1.66. The summed E-state index contributed by atoms with van der Waals surface area (Å²) in [5.74, 6) is -0.0732. The van der Waals surface area contributed by atoms with Gasteiger partial charge in [-0.1, -0.05) is 72.5 Å². The maximum absolute atomic E-state index is 12.6. The van der Waals surface area contributed by atoms with Crippen LogP contribution in [0.4, 0.5) is 0 Å². The lowest BCUT2D eigenvalue weighted by Gasteiger charge is -2.07. The first kappa shape index (κ1) is 18.4. The van der Waals surface area contributed by atoms with E-state index in [2.05, 4.69) is 0 Å². The van der Waals surface area contributed by atoms with Crippen LogP contribution in [0.25, 0.3) is 16.8 Å². The number of thioether (sulfide) groups is 1. The molecular formula is C22H15NO3S2. The van der Waals surface area contributed by atoms with E-state index < -0.39 is 5.97 Å². The molecule has 1 aliphatic rings. The van der Waals surface area contributed by atoms with Gasteiger partial charge in [0.15, 0.2) is 0 Å². The molecule has 0 unspecified atom stereocenters. The summed E-state index contributed by atoms with van der Waals surface area (Å²) in [6.45, 7) is 0. The summed E-state index contributed by atoms with van der Waals surface area (Å²) in [6, 6.07) is 20.3. The Bertz CT molecular complexity index is 1130. The maximum Gasteiger partial charge on any atom is 0.344 e. The highest BCUT2D eigenvalue weighted by molar-refractivity contribution is 8.26. The van der Waals surface area contributed by atoms with Gasteiger partial charge in [-0.3, -0.25) is 9.69 Å². The van der Waals surface area contributed by atoms with Crippen molar-refractivity contribution < 1.29 is 14.3 Å². The van der Waals surface area contributed by atoms with E-state index in [0.29, 0.717) is 20.5 Å². The van der Waals surface area contributed by atoms with Crippen molar-refractivity contribution in [2.75, 3.05) is 7.05 Å².